The lowest BCUT2D eigenvalue weighted by Crippen LogP contribution is -2.52. The van der Waals surface area contributed by atoms with Gasteiger partial charge in [0.15, 0.2) is 0 Å². The van der Waals surface area contributed by atoms with Gasteiger partial charge in [-0.05, 0) is 6.42 Å². The fourth-order valence-corrected chi connectivity index (χ4v) is 1.69. The van der Waals surface area contributed by atoms with Gasteiger partial charge in [0.05, 0.1) is 19.0 Å². The Bertz CT molecular complexity index is 579. The van der Waals surface area contributed by atoms with Crippen molar-refractivity contribution in [2.24, 2.45) is 17.2 Å². The van der Waals surface area contributed by atoms with Gasteiger partial charge in [0.2, 0.25) is 29.5 Å². The average Bonchev–Trinajstić information content (AvgIpc) is 2.53. The number of carbonyl (C=O) groups excluding carboxylic acids is 5. The van der Waals surface area contributed by atoms with Crippen LogP contribution in [0.15, 0.2) is 0 Å². The van der Waals surface area contributed by atoms with E-state index in [1.54, 1.807) is 0 Å². The molecule has 13 heteroatoms. The average molecular weight is 374 g/mol. The Morgan fingerprint density at radius 2 is 1.46 bits per heavy atom. The van der Waals surface area contributed by atoms with Gasteiger partial charge in [-0.1, -0.05) is 0 Å². The molecule has 26 heavy (non-hydrogen) atoms. The maximum absolute atomic E-state index is 11.9. The monoisotopic (exact) mass is 374 g/mol. The van der Waals surface area contributed by atoms with Gasteiger partial charge < -0.3 is 38.3 Å². The second-order valence-corrected chi connectivity index (χ2v) is 5.23. The highest BCUT2D eigenvalue weighted by atomic mass is 16.4. The molecule has 146 valence electrons. The van der Waals surface area contributed by atoms with E-state index in [-0.39, 0.29) is 12.8 Å². The van der Waals surface area contributed by atoms with Crippen LogP contribution in [0, 0.1) is 0 Å². The van der Waals surface area contributed by atoms with Crippen LogP contribution in [0.4, 0.5) is 0 Å². The first-order chi connectivity index (χ1) is 12.0. The summed E-state index contributed by atoms with van der Waals surface area (Å²) in [5, 5.41) is 15.0. The molecule has 0 aliphatic heterocycles. The van der Waals surface area contributed by atoms with Gasteiger partial charge in [0, 0.05) is 6.42 Å². The van der Waals surface area contributed by atoms with Crippen molar-refractivity contribution in [3.63, 3.8) is 0 Å². The molecule has 0 saturated heterocycles. The van der Waals surface area contributed by atoms with Gasteiger partial charge in [-0.3, -0.25) is 28.8 Å². The highest BCUT2D eigenvalue weighted by Crippen LogP contribution is 1.98. The fraction of sp³-hybridized carbons (Fsp3) is 0.538. The Hall–Kier alpha value is -3.22. The van der Waals surface area contributed by atoms with Crippen LogP contribution in [-0.4, -0.2) is 65.8 Å². The normalized spacial score (nSPS) is 12.3. The summed E-state index contributed by atoms with van der Waals surface area (Å²) in [6.07, 6.45) is -0.810. The molecule has 10 N–H and O–H groups in total. The van der Waals surface area contributed by atoms with Crippen LogP contribution in [0.3, 0.4) is 0 Å². The molecular formula is C13H22N6O7. The van der Waals surface area contributed by atoms with Gasteiger partial charge in [0.1, 0.15) is 12.6 Å². The van der Waals surface area contributed by atoms with Gasteiger partial charge >= 0.3 is 5.97 Å². The summed E-state index contributed by atoms with van der Waals surface area (Å²) in [5.41, 5.74) is 15.3. The smallest absolute Gasteiger partial charge is 0.322 e. The summed E-state index contributed by atoms with van der Waals surface area (Å²) in [4.78, 5) is 67.2. The molecule has 5 amide bonds. The number of hydrogen-bond acceptors (Lipinski definition) is 7. The summed E-state index contributed by atoms with van der Waals surface area (Å²) in [6.45, 7) is -1.24. The number of nitrogens with one attached hydrogen (secondary N) is 3. The standard InChI is InChI=1S/C13H22N6O7/c14-6(3-9(16)21)12(25)17-4-10(22)19-7(1-2-8(15)20)13(26)18-5-11(23)24/h6-7H,1-5,14H2,(H2,15,20)(H2,16,21)(H,17,25)(H,18,26)(H,19,22)(H,23,24). The Morgan fingerprint density at radius 3 is 1.96 bits per heavy atom. The topological polar surface area (TPSA) is 237 Å². The molecule has 0 aromatic rings. The van der Waals surface area contributed by atoms with Crippen molar-refractivity contribution < 1.29 is 33.9 Å². The van der Waals surface area contributed by atoms with Crippen molar-refractivity contribution in [1.29, 1.82) is 0 Å². The summed E-state index contributed by atoms with van der Waals surface area (Å²) in [6, 6.07) is -2.46. The minimum Gasteiger partial charge on any atom is -0.480 e. The van der Waals surface area contributed by atoms with Gasteiger partial charge in [-0.25, -0.2) is 0 Å². The quantitative estimate of drug-likeness (QED) is 0.174. The molecule has 0 radical (unpaired) electrons. The molecule has 0 spiro atoms. The summed E-state index contributed by atoms with van der Waals surface area (Å²) in [7, 11) is 0. The second-order valence-electron chi connectivity index (χ2n) is 5.23. The molecular weight excluding hydrogens is 352 g/mol. The van der Waals surface area contributed by atoms with Crippen LogP contribution in [0.25, 0.3) is 0 Å². The van der Waals surface area contributed by atoms with Crippen molar-refractivity contribution in [1.82, 2.24) is 16.0 Å². The van der Waals surface area contributed by atoms with E-state index in [1.165, 1.54) is 0 Å². The number of carboxylic acid groups (broad SMARTS) is 1. The zero-order valence-corrected chi connectivity index (χ0v) is 13.8. The van der Waals surface area contributed by atoms with Gasteiger partial charge in [0.25, 0.3) is 0 Å². The fourth-order valence-electron chi connectivity index (χ4n) is 1.69. The summed E-state index contributed by atoms with van der Waals surface area (Å²) in [5.74, 6) is -5.25. The third-order valence-corrected chi connectivity index (χ3v) is 2.93. The predicted octanol–water partition coefficient (Wildman–Crippen LogP) is -4.74. The van der Waals surface area contributed by atoms with E-state index < -0.39 is 67.1 Å². The van der Waals surface area contributed by atoms with E-state index in [2.05, 4.69) is 16.0 Å². The third-order valence-electron chi connectivity index (χ3n) is 2.93. The molecule has 13 nitrogen and oxygen atoms in total. The van der Waals surface area contributed by atoms with E-state index in [1.807, 2.05) is 0 Å². The molecule has 0 heterocycles. The zero-order chi connectivity index (χ0) is 20.3. The van der Waals surface area contributed by atoms with E-state index in [0.29, 0.717) is 0 Å². The van der Waals surface area contributed by atoms with Gasteiger partial charge in [-0.2, -0.15) is 0 Å². The first-order valence-corrected chi connectivity index (χ1v) is 7.41. The van der Waals surface area contributed by atoms with Crippen LogP contribution in [-0.2, 0) is 28.8 Å². The summed E-state index contributed by atoms with van der Waals surface area (Å²) >= 11 is 0. The molecule has 0 saturated carbocycles. The highest BCUT2D eigenvalue weighted by Gasteiger charge is 2.23. The van der Waals surface area contributed by atoms with Crippen molar-refractivity contribution in [2.75, 3.05) is 13.1 Å². The van der Waals surface area contributed by atoms with Crippen molar-refractivity contribution in [3.8, 4) is 0 Å². The number of amides is 5. The Balaban J connectivity index is 4.62. The first-order valence-electron chi connectivity index (χ1n) is 7.41. The van der Waals surface area contributed by atoms with E-state index in [4.69, 9.17) is 22.3 Å². The van der Waals surface area contributed by atoms with Crippen LogP contribution < -0.4 is 33.2 Å². The number of aliphatic carboxylic acids is 1. The first kappa shape index (κ1) is 22.8. The van der Waals surface area contributed by atoms with Crippen molar-refractivity contribution in [3.05, 3.63) is 0 Å². The maximum Gasteiger partial charge on any atom is 0.322 e. The zero-order valence-electron chi connectivity index (χ0n) is 13.8. The molecule has 0 aliphatic carbocycles. The Morgan fingerprint density at radius 1 is 0.885 bits per heavy atom. The molecule has 0 aromatic carbocycles. The Kier molecular flexibility index (Phi) is 9.95. The number of carboxylic acids is 1. The number of primary amides is 2. The molecule has 2 unspecified atom stereocenters. The van der Waals surface area contributed by atoms with E-state index in [9.17, 15) is 28.8 Å². The van der Waals surface area contributed by atoms with Crippen LogP contribution >= 0.6 is 0 Å². The van der Waals surface area contributed by atoms with Crippen LogP contribution in [0.1, 0.15) is 19.3 Å². The molecule has 0 bridgehead atoms. The van der Waals surface area contributed by atoms with Crippen molar-refractivity contribution >= 4 is 35.5 Å². The minimum atomic E-state index is -1.30. The van der Waals surface area contributed by atoms with Crippen LogP contribution in [0.5, 0.6) is 0 Å². The highest BCUT2D eigenvalue weighted by molar-refractivity contribution is 5.93. The molecule has 0 aliphatic rings. The number of nitrogens with two attached hydrogens (primary N) is 3. The van der Waals surface area contributed by atoms with Gasteiger partial charge in [-0.15, -0.1) is 0 Å². The predicted molar refractivity (Wildman–Crippen MR) is 85.8 cm³/mol. The van der Waals surface area contributed by atoms with Crippen molar-refractivity contribution in [2.45, 2.75) is 31.3 Å². The largest absolute Gasteiger partial charge is 0.480 e. The number of carbonyl (C=O) groups is 6. The molecule has 0 fully saturated rings. The lowest BCUT2D eigenvalue weighted by molar-refractivity contribution is -0.138. The summed E-state index contributed by atoms with van der Waals surface area (Å²) < 4.78 is 0. The van der Waals surface area contributed by atoms with E-state index in [0.717, 1.165) is 0 Å². The Labute approximate surface area is 148 Å². The second kappa shape index (κ2) is 11.4. The molecule has 0 aromatic heterocycles. The molecule has 2 atom stereocenters. The lowest BCUT2D eigenvalue weighted by atomic mass is 10.1. The van der Waals surface area contributed by atoms with Crippen LogP contribution in [0.2, 0.25) is 0 Å². The molecule has 0 rings (SSSR count). The SMILES string of the molecule is NC(=O)CCC(NC(=O)CNC(=O)C(N)CC(N)=O)C(=O)NCC(=O)O. The minimum absolute atomic E-state index is 0.165. The number of rotatable bonds is 12. The van der Waals surface area contributed by atoms with E-state index >= 15 is 0 Å². The third kappa shape index (κ3) is 10.5. The maximum atomic E-state index is 11.9. The number of hydrogen-bond donors (Lipinski definition) is 7. The lowest BCUT2D eigenvalue weighted by Gasteiger charge is -2.18.